The molecule has 0 saturated heterocycles. The Labute approximate surface area is 106 Å². The van der Waals surface area contributed by atoms with Crippen LogP contribution in [-0.2, 0) is 6.18 Å². The lowest BCUT2D eigenvalue weighted by Crippen LogP contribution is -2.05. The third-order valence-electron chi connectivity index (χ3n) is 4.28. The molecule has 0 aromatic heterocycles. The lowest BCUT2D eigenvalue weighted by molar-refractivity contribution is -0.137. The van der Waals surface area contributed by atoms with Gasteiger partial charge in [0.15, 0.2) is 0 Å². The van der Waals surface area contributed by atoms with Crippen LogP contribution in [0.2, 0.25) is 0 Å². The first-order valence-electron chi connectivity index (χ1n) is 6.60. The van der Waals surface area contributed by atoms with Gasteiger partial charge in [-0.25, -0.2) is 0 Å². The van der Waals surface area contributed by atoms with Gasteiger partial charge in [0.2, 0.25) is 0 Å². The molecule has 0 N–H and O–H groups in total. The van der Waals surface area contributed by atoms with Crippen molar-refractivity contribution in [3.63, 3.8) is 0 Å². The summed E-state index contributed by atoms with van der Waals surface area (Å²) >= 11 is 0. The Hall–Kier alpha value is -0.990. The van der Waals surface area contributed by atoms with Crippen molar-refractivity contribution in [3.05, 3.63) is 35.4 Å². The number of rotatable bonds is 4. The monoisotopic (exact) mass is 256 g/mol. The average Bonchev–Trinajstić information content (AvgIpc) is 3.04. The van der Waals surface area contributed by atoms with E-state index in [0.29, 0.717) is 11.3 Å². The zero-order chi connectivity index (χ0) is 13.4. The molecule has 0 aliphatic heterocycles. The maximum absolute atomic E-state index is 12.5. The molecule has 0 bridgehead atoms. The zero-order valence-corrected chi connectivity index (χ0v) is 10.8. The van der Waals surface area contributed by atoms with Gasteiger partial charge in [-0.15, -0.1) is 0 Å². The van der Waals surface area contributed by atoms with E-state index in [1.165, 1.54) is 18.6 Å². The van der Waals surface area contributed by atoms with E-state index in [-0.39, 0.29) is 0 Å². The molecule has 1 unspecified atom stereocenters. The SMILES string of the molecule is CCC[C@]1(CC)CC1c1ccc(C(F)(F)F)cc1. The predicted molar refractivity (Wildman–Crippen MR) is 66.4 cm³/mol. The molecule has 1 aromatic carbocycles. The van der Waals surface area contributed by atoms with Crippen LogP contribution >= 0.6 is 0 Å². The highest BCUT2D eigenvalue weighted by molar-refractivity contribution is 5.33. The normalized spacial score (nSPS) is 27.3. The van der Waals surface area contributed by atoms with E-state index in [2.05, 4.69) is 13.8 Å². The van der Waals surface area contributed by atoms with Crippen LogP contribution in [0.5, 0.6) is 0 Å². The number of hydrogen-bond acceptors (Lipinski definition) is 0. The summed E-state index contributed by atoms with van der Waals surface area (Å²) in [7, 11) is 0. The van der Waals surface area contributed by atoms with Crippen molar-refractivity contribution in [2.45, 2.75) is 51.6 Å². The van der Waals surface area contributed by atoms with Gasteiger partial charge < -0.3 is 0 Å². The van der Waals surface area contributed by atoms with Crippen molar-refractivity contribution in [1.29, 1.82) is 0 Å². The standard InChI is InChI=1S/C15H19F3/c1-3-9-14(4-2)10-13(14)11-5-7-12(8-6-11)15(16,17)18/h5-8,13H,3-4,9-10H2,1-2H3/t13?,14-/m1/s1. The summed E-state index contributed by atoms with van der Waals surface area (Å²) in [5, 5.41) is 0. The number of hydrogen-bond donors (Lipinski definition) is 0. The third-order valence-corrected chi connectivity index (χ3v) is 4.28. The fourth-order valence-corrected chi connectivity index (χ4v) is 3.07. The van der Waals surface area contributed by atoms with E-state index in [1.807, 2.05) is 0 Å². The molecule has 0 spiro atoms. The quantitative estimate of drug-likeness (QED) is 0.677. The summed E-state index contributed by atoms with van der Waals surface area (Å²) in [4.78, 5) is 0. The summed E-state index contributed by atoms with van der Waals surface area (Å²) in [5.41, 5.74) is 0.872. The molecule has 3 heteroatoms. The number of alkyl halides is 3. The fourth-order valence-electron chi connectivity index (χ4n) is 3.07. The van der Waals surface area contributed by atoms with E-state index in [4.69, 9.17) is 0 Å². The van der Waals surface area contributed by atoms with E-state index in [1.54, 1.807) is 12.1 Å². The van der Waals surface area contributed by atoms with Crippen LogP contribution in [0.25, 0.3) is 0 Å². The third kappa shape index (κ3) is 2.40. The van der Waals surface area contributed by atoms with E-state index in [0.717, 1.165) is 24.8 Å². The molecule has 1 fully saturated rings. The summed E-state index contributed by atoms with van der Waals surface area (Å²) in [5.74, 6) is 0.463. The molecule has 2 atom stereocenters. The summed E-state index contributed by atoms with van der Waals surface area (Å²) < 4.78 is 37.4. The van der Waals surface area contributed by atoms with Crippen molar-refractivity contribution in [2.24, 2.45) is 5.41 Å². The topological polar surface area (TPSA) is 0 Å². The Kier molecular flexibility index (Phi) is 3.43. The Morgan fingerprint density at radius 3 is 2.22 bits per heavy atom. The van der Waals surface area contributed by atoms with Gasteiger partial charge in [0.1, 0.15) is 0 Å². The molecule has 100 valence electrons. The molecule has 1 aliphatic carbocycles. The summed E-state index contributed by atoms with van der Waals surface area (Å²) in [6.45, 7) is 4.35. The van der Waals surface area contributed by atoms with Crippen LogP contribution in [0.4, 0.5) is 13.2 Å². The van der Waals surface area contributed by atoms with Crippen LogP contribution in [-0.4, -0.2) is 0 Å². The summed E-state index contributed by atoms with van der Waals surface area (Å²) in [6, 6.07) is 5.72. The van der Waals surface area contributed by atoms with Gasteiger partial charge in [0, 0.05) is 0 Å². The first-order valence-corrected chi connectivity index (χ1v) is 6.60. The highest BCUT2D eigenvalue weighted by Crippen LogP contribution is 2.64. The van der Waals surface area contributed by atoms with Crippen molar-refractivity contribution >= 4 is 0 Å². The van der Waals surface area contributed by atoms with Crippen LogP contribution < -0.4 is 0 Å². The van der Waals surface area contributed by atoms with Gasteiger partial charge in [-0.1, -0.05) is 32.4 Å². The van der Waals surface area contributed by atoms with Gasteiger partial charge in [0.25, 0.3) is 0 Å². The van der Waals surface area contributed by atoms with Crippen LogP contribution in [0.3, 0.4) is 0 Å². The molecular formula is C15H19F3. The highest BCUT2D eigenvalue weighted by atomic mass is 19.4. The van der Waals surface area contributed by atoms with Gasteiger partial charge in [-0.05, 0) is 48.3 Å². The second-order valence-corrected chi connectivity index (χ2v) is 5.34. The minimum Gasteiger partial charge on any atom is -0.166 e. The minimum atomic E-state index is -4.23. The van der Waals surface area contributed by atoms with Gasteiger partial charge in [-0.3, -0.25) is 0 Å². The molecule has 0 nitrogen and oxygen atoms in total. The zero-order valence-electron chi connectivity index (χ0n) is 10.8. The maximum atomic E-state index is 12.5. The Morgan fingerprint density at radius 1 is 1.17 bits per heavy atom. The lowest BCUT2D eigenvalue weighted by atomic mass is 9.91. The molecule has 18 heavy (non-hydrogen) atoms. The van der Waals surface area contributed by atoms with Gasteiger partial charge in [0.05, 0.1) is 5.56 Å². The van der Waals surface area contributed by atoms with Crippen LogP contribution in [0, 0.1) is 5.41 Å². The highest BCUT2D eigenvalue weighted by Gasteiger charge is 2.52. The van der Waals surface area contributed by atoms with Crippen LogP contribution in [0.15, 0.2) is 24.3 Å². The second kappa shape index (κ2) is 4.60. The molecular weight excluding hydrogens is 237 g/mol. The van der Waals surface area contributed by atoms with Gasteiger partial charge >= 0.3 is 6.18 Å². The first kappa shape index (κ1) is 13.4. The predicted octanol–water partition coefficient (Wildman–Crippen LogP) is 5.39. The average molecular weight is 256 g/mol. The maximum Gasteiger partial charge on any atom is 0.416 e. The molecule has 1 saturated carbocycles. The Bertz CT molecular complexity index is 405. The van der Waals surface area contributed by atoms with E-state index < -0.39 is 11.7 Å². The van der Waals surface area contributed by atoms with Crippen molar-refractivity contribution in [3.8, 4) is 0 Å². The Morgan fingerprint density at radius 2 is 1.78 bits per heavy atom. The molecule has 0 heterocycles. The molecule has 2 rings (SSSR count). The minimum absolute atomic E-state index is 0.356. The molecule has 0 amide bonds. The van der Waals surface area contributed by atoms with Crippen molar-refractivity contribution in [1.82, 2.24) is 0 Å². The summed E-state index contributed by atoms with van der Waals surface area (Å²) in [6.07, 6.45) is 0.336. The van der Waals surface area contributed by atoms with Crippen molar-refractivity contribution in [2.75, 3.05) is 0 Å². The van der Waals surface area contributed by atoms with E-state index in [9.17, 15) is 13.2 Å². The Balaban J connectivity index is 2.13. The smallest absolute Gasteiger partial charge is 0.166 e. The lowest BCUT2D eigenvalue weighted by Gasteiger charge is -2.14. The van der Waals surface area contributed by atoms with Crippen molar-refractivity contribution < 1.29 is 13.2 Å². The second-order valence-electron chi connectivity index (χ2n) is 5.34. The van der Waals surface area contributed by atoms with Crippen LogP contribution in [0.1, 0.15) is 56.6 Å². The molecule has 1 aromatic rings. The fraction of sp³-hybridized carbons (Fsp3) is 0.600. The number of halogens is 3. The van der Waals surface area contributed by atoms with Gasteiger partial charge in [-0.2, -0.15) is 13.2 Å². The van der Waals surface area contributed by atoms with E-state index >= 15 is 0 Å². The molecule has 0 radical (unpaired) electrons. The number of benzene rings is 1. The largest absolute Gasteiger partial charge is 0.416 e. The first-order chi connectivity index (χ1) is 8.43. The molecule has 1 aliphatic rings.